The van der Waals surface area contributed by atoms with Gasteiger partial charge in [0.1, 0.15) is 5.69 Å². The van der Waals surface area contributed by atoms with Crippen molar-refractivity contribution < 1.29 is 9.59 Å². The highest BCUT2D eigenvalue weighted by molar-refractivity contribution is 6.10. The first-order chi connectivity index (χ1) is 11.8. The molecular weight excluding hydrogens is 312 g/mol. The van der Waals surface area contributed by atoms with E-state index in [0.717, 1.165) is 35.3 Å². The minimum atomic E-state index is -0.0603. The van der Waals surface area contributed by atoms with Crippen LogP contribution in [0, 0.1) is 12.3 Å². The SMILES string of the molecule is Cc1c(C(=O)N2c3ccccc3C[C@@H]2C)[nH]c2c1C(=O)CC(C)(C)C2. The molecule has 4 rings (SSSR count). The van der Waals surface area contributed by atoms with Gasteiger partial charge in [-0.1, -0.05) is 32.0 Å². The first-order valence-electron chi connectivity index (χ1n) is 8.94. The molecule has 0 radical (unpaired) electrons. The summed E-state index contributed by atoms with van der Waals surface area (Å²) in [5, 5.41) is 0. The number of carbonyl (C=O) groups excluding carboxylic acids is 2. The molecule has 1 aromatic heterocycles. The molecular formula is C21H24N2O2. The van der Waals surface area contributed by atoms with Crippen LogP contribution in [0.1, 0.15) is 64.9 Å². The number of para-hydroxylation sites is 1. The van der Waals surface area contributed by atoms with Gasteiger partial charge < -0.3 is 9.88 Å². The highest BCUT2D eigenvalue weighted by Crippen LogP contribution is 2.38. The van der Waals surface area contributed by atoms with Gasteiger partial charge in [-0.2, -0.15) is 0 Å². The second-order valence-corrected chi connectivity index (χ2v) is 8.28. The van der Waals surface area contributed by atoms with Gasteiger partial charge in [0.05, 0.1) is 0 Å². The Bertz CT molecular complexity index is 891. The second-order valence-electron chi connectivity index (χ2n) is 8.28. The van der Waals surface area contributed by atoms with Crippen LogP contribution in [0.15, 0.2) is 24.3 Å². The predicted molar refractivity (Wildman–Crippen MR) is 98.4 cm³/mol. The van der Waals surface area contributed by atoms with Crippen LogP contribution in [0.3, 0.4) is 0 Å². The zero-order chi connectivity index (χ0) is 17.9. The van der Waals surface area contributed by atoms with Crippen molar-refractivity contribution in [2.75, 3.05) is 4.90 Å². The number of aromatic nitrogens is 1. The van der Waals surface area contributed by atoms with Crippen molar-refractivity contribution in [3.8, 4) is 0 Å². The number of amides is 1. The van der Waals surface area contributed by atoms with Crippen molar-refractivity contribution in [2.24, 2.45) is 5.41 Å². The van der Waals surface area contributed by atoms with Gasteiger partial charge in [-0.15, -0.1) is 0 Å². The number of rotatable bonds is 1. The fourth-order valence-electron chi connectivity index (χ4n) is 4.44. The molecule has 25 heavy (non-hydrogen) atoms. The number of aromatic amines is 1. The number of hydrogen-bond donors (Lipinski definition) is 1. The summed E-state index contributed by atoms with van der Waals surface area (Å²) in [5.74, 6) is 0.115. The summed E-state index contributed by atoms with van der Waals surface area (Å²) in [4.78, 5) is 31.1. The number of H-pyrrole nitrogens is 1. The van der Waals surface area contributed by atoms with Crippen molar-refractivity contribution in [3.63, 3.8) is 0 Å². The zero-order valence-electron chi connectivity index (χ0n) is 15.3. The van der Waals surface area contributed by atoms with Crippen LogP contribution in [-0.2, 0) is 12.8 Å². The van der Waals surface area contributed by atoms with Gasteiger partial charge >= 0.3 is 0 Å². The van der Waals surface area contributed by atoms with E-state index >= 15 is 0 Å². The highest BCUT2D eigenvalue weighted by atomic mass is 16.2. The van der Waals surface area contributed by atoms with E-state index < -0.39 is 0 Å². The van der Waals surface area contributed by atoms with E-state index in [0.29, 0.717) is 12.1 Å². The molecule has 4 heteroatoms. The van der Waals surface area contributed by atoms with E-state index in [-0.39, 0.29) is 23.1 Å². The van der Waals surface area contributed by atoms with Gasteiger partial charge in [0.25, 0.3) is 5.91 Å². The summed E-state index contributed by atoms with van der Waals surface area (Å²) in [5.41, 5.74) is 5.16. The number of nitrogens with zero attached hydrogens (tertiary/aromatic N) is 1. The van der Waals surface area contributed by atoms with Crippen molar-refractivity contribution in [1.82, 2.24) is 4.98 Å². The molecule has 1 aliphatic carbocycles. The molecule has 1 aliphatic heterocycles. The molecule has 4 nitrogen and oxygen atoms in total. The molecule has 0 bridgehead atoms. The number of hydrogen-bond acceptors (Lipinski definition) is 2. The van der Waals surface area contributed by atoms with Crippen LogP contribution in [0.2, 0.25) is 0 Å². The maximum atomic E-state index is 13.3. The van der Waals surface area contributed by atoms with E-state index in [1.165, 1.54) is 5.56 Å². The number of Topliss-reactive ketones (excluding diaryl/α,β-unsaturated/α-hetero) is 1. The fourth-order valence-corrected chi connectivity index (χ4v) is 4.44. The minimum Gasteiger partial charge on any atom is -0.354 e. The lowest BCUT2D eigenvalue weighted by molar-refractivity contribution is 0.0910. The Morgan fingerprint density at radius 1 is 1.24 bits per heavy atom. The van der Waals surface area contributed by atoms with Gasteiger partial charge in [-0.05, 0) is 49.3 Å². The van der Waals surface area contributed by atoms with Crippen LogP contribution in [0.25, 0.3) is 0 Å². The van der Waals surface area contributed by atoms with Crippen LogP contribution >= 0.6 is 0 Å². The number of nitrogens with one attached hydrogen (secondary N) is 1. The molecule has 0 saturated heterocycles. The monoisotopic (exact) mass is 336 g/mol. The smallest absolute Gasteiger partial charge is 0.275 e. The van der Waals surface area contributed by atoms with Gasteiger partial charge in [0.2, 0.25) is 0 Å². The van der Waals surface area contributed by atoms with Crippen molar-refractivity contribution in [3.05, 3.63) is 52.3 Å². The normalized spacial score (nSPS) is 21.2. The Morgan fingerprint density at radius 3 is 2.72 bits per heavy atom. The Morgan fingerprint density at radius 2 is 1.96 bits per heavy atom. The van der Waals surface area contributed by atoms with Crippen LogP contribution < -0.4 is 4.90 Å². The molecule has 130 valence electrons. The molecule has 1 atom stereocenters. The first-order valence-corrected chi connectivity index (χ1v) is 8.94. The predicted octanol–water partition coefficient (Wildman–Crippen LogP) is 4.07. The van der Waals surface area contributed by atoms with Gasteiger partial charge in [0.15, 0.2) is 5.78 Å². The molecule has 2 aliphatic rings. The standard InChI is InChI=1S/C21H24N2O2/c1-12-9-14-7-5-6-8-16(14)23(12)20(25)19-13(2)18-15(22-19)10-21(3,4)11-17(18)24/h5-8,12,22H,9-11H2,1-4H3/t12-/m0/s1. The van der Waals surface area contributed by atoms with Gasteiger partial charge in [0, 0.05) is 29.4 Å². The third-order valence-electron chi connectivity index (χ3n) is 5.54. The number of carbonyl (C=O) groups is 2. The number of benzene rings is 1. The quantitative estimate of drug-likeness (QED) is 0.853. The third kappa shape index (κ3) is 2.43. The Labute approximate surface area is 148 Å². The van der Waals surface area contributed by atoms with Crippen LogP contribution in [-0.4, -0.2) is 22.7 Å². The first kappa shape index (κ1) is 16.1. The Hall–Kier alpha value is -2.36. The van der Waals surface area contributed by atoms with E-state index in [1.54, 1.807) is 0 Å². The maximum Gasteiger partial charge on any atom is 0.275 e. The van der Waals surface area contributed by atoms with E-state index in [9.17, 15) is 9.59 Å². The molecule has 0 saturated carbocycles. The summed E-state index contributed by atoms with van der Waals surface area (Å²) in [6, 6.07) is 8.19. The Kier molecular flexibility index (Phi) is 3.43. The molecule has 1 amide bonds. The van der Waals surface area contributed by atoms with Gasteiger partial charge in [-0.25, -0.2) is 0 Å². The molecule has 0 spiro atoms. The summed E-state index contributed by atoms with van der Waals surface area (Å²) < 4.78 is 0. The number of ketones is 1. The van der Waals surface area contributed by atoms with Crippen molar-refractivity contribution in [2.45, 2.75) is 53.0 Å². The topological polar surface area (TPSA) is 53.2 Å². The maximum absolute atomic E-state index is 13.3. The summed E-state index contributed by atoms with van der Waals surface area (Å²) in [6.07, 6.45) is 2.21. The number of fused-ring (bicyclic) bond motifs is 2. The molecule has 1 aromatic carbocycles. The van der Waals surface area contributed by atoms with Gasteiger partial charge in [-0.3, -0.25) is 9.59 Å². The molecule has 2 heterocycles. The van der Waals surface area contributed by atoms with Crippen LogP contribution in [0.4, 0.5) is 5.69 Å². The molecule has 0 unspecified atom stereocenters. The largest absolute Gasteiger partial charge is 0.354 e. The molecule has 1 N–H and O–H groups in total. The third-order valence-corrected chi connectivity index (χ3v) is 5.54. The van der Waals surface area contributed by atoms with E-state index in [2.05, 4.69) is 31.8 Å². The summed E-state index contributed by atoms with van der Waals surface area (Å²) in [7, 11) is 0. The highest BCUT2D eigenvalue weighted by Gasteiger charge is 2.38. The minimum absolute atomic E-state index is 0.0324. The van der Waals surface area contributed by atoms with E-state index in [4.69, 9.17) is 0 Å². The average molecular weight is 336 g/mol. The second kappa shape index (κ2) is 5.32. The van der Waals surface area contributed by atoms with Crippen molar-refractivity contribution >= 4 is 17.4 Å². The summed E-state index contributed by atoms with van der Waals surface area (Å²) in [6.45, 7) is 8.17. The van der Waals surface area contributed by atoms with Crippen LogP contribution in [0.5, 0.6) is 0 Å². The molecule has 0 fully saturated rings. The van der Waals surface area contributed by atoms with Crippen molar-refractivity contribution in [1.29, 1.82) is 0 Å². The van der Waals surface area contributed by atoms with E-state index in [1.807, 2.05) is 30.0 Å². The fraction of sp³-hybridized carbons (Fsp3) is 0.429. The lowest BCUT2D eigenvalue weighted by Gasteiger charge is -2.28. The number of anilines is 1. The Balaban J connectivity index is 1.77. The molecule has 2 aromatic rings. The summed E-state index contributed by atoms with van der Waals surface area (Å²) >= 11 is 0. The average Bonchev–Trinajstić information content (AvgIpc) is 3.02. The lowest BCUT2D eigenvalue weighted by Crippen LogP contribution is -2.36. The lowest BCUT2D eigenvalue weighted by atomic mass is 9.75. The zero-order valence-corrected chi connectivity index (χ0v) is 15.3.